The van der Waals surface area contributed by atoms with Gasteiger partial charge in [-0.2, -0.15) is 0 Å². The van der Waals surface area contributed by atoms with E-state index in [2.05, 4.69) is 62.2 Å². The minimum atomic E-state index is -3.93. The summed E-state index contributed by atoms with van der Waals surface area (Å²) in [6, 6.07) is 45.5. The van der Waals surface area contributed by atoms with Crippen molar-refractivity contribution in [3.63, 3.8) is 0 Å². The number of pyridine rings is 1. The van der Waals surface area contributed by atoms with Crippen molar-refractivity contribution in [1.29, 1.82) is 0 Å². The maximum atomic E-state index is 11.7. The predicted molar refractivity (Wildman–Crippen MR) is 276 cm³/mol. The van der Waals surface area contributed by atoms with E-state index in [0.29, 0.717) is 39.1 Å². The first kappa shape index (κ1) is 27.5. The molecule has 0 spiro atoms. The van der Waals surface area contributed by atoms with Crippen LogP contribution in [0.15, 0.2) is 206 Å². The minimum Gasteiger partial charge on any atom is -0.507 e. The number of hydrogen-bond donors (Lipinski definition) is 1. The Hall–Kier alpha value is -7.82. The first-order valence-corrected chi connectivity index (χ1v) is 21.5. The summed E-state index contributed by atoms with van der Waals surface area (Å²) in [5.74, 6) is 0.408. The predicted octanol–water partition coefficient (Wildman–Crippen LogP) is 16.4. The third kappa shape index (κ3) is 8.12. The summed E-state index contributed by atoms with van der Waals surface area (Å²) in [6.07, 6.45) is -0.745. The topological polar surface area (TPSA) is 50.9 Å². The lowest BCUT2D eigenvalue weighted by Crippen LogP contribution is -2.14. The molecule has 0 aliphatic carbocycles. The van der Waals surface area contributed by atoms with Gasteiger partial charge in [0.15, 0.2) is 0 Å². The van der Waals surface area contributed by atoms with Gasteiger partial charge in [0.25, 0.3) is 0 Å². The molecule has 10 rings (SSSR count). The second-order valence-corrected chi connectivity index (χ2v) is 17.2. The van der Waals surface area contributed by atoms with E-state index in [0.717, 1.165) is 39.1 Å². The highest BCUT2D eigenvalue weighted by atomic mass is 16.3. The average molecular weight is 872 g/mol. The zero-order valence-electron chi connectivity index (χ0n) is 52.4. The maximum Gasteiger partial charge on any atom is 0.149 e. The number of nitrogens with zero attached hydrogens (tertiary/aromatic N) is 3. The van der Waals surface area contributed by atoms with Crippen molar-refractivity contribution in [2.75, 3.05) is 0 Å². The highest BCUT2D eigenvalue weighted by Gasteiger charge is 2.27. The van der Waals surface area contributed by atoms with Crippen LogP contribution in [0, 0.1) is 0 Å². The lowest BCUT2D eigenvalue weighted by Gasteiger charge is -2.27. The van der Waals surface area contributed by atoms with Gasteiger partial charge in [-0.1, -0.05) is 181 Å². The van der Waals surface area contributed by atoms with Crippen LogP contribution in [0.2, 0.25) is 0 Å². The molecule has 8 aromatic carbocycles. The van der Waals surface area contributed by atoms with Gasteiger partial charge in [-0.15, -0.1) is 0 Å². The molecular formula is C62H53N3O. The van der Waals surface area contributed by atoms with Crippen LogP contribution in [0.5, 0.6) is 5.75 Å². The highest BCUT2D eigenvalue weighted by Crippen LogP contribution is 2.45. The first-order chi connectivity index (χ1) is 38.6. The summed E-state index contributed by atoms with van der Waals surface area (Å²) in [5, 5.41) is 11.7. The van der Waals surface area contributed by atoms with Crippen LogP contribution in [0.3, 0.4) is 0 Å². The normalized spacial score (nSPS) is 15.9. The first-order valence-electron chi connectivity index (χ1n) is 29.5. The van der Waals surface area contributed by atoms with Crippen molar-refractivity contribution in [2.24, 2.45) is 0 Å². The monoisotopic (exact) mass is 872 g/mol. The quantitative estimate of drug-likeness (QED) is 0.165. The fourth-order valence-corrected chi connectivity index (χ4v) is 8.44. The van der Waals surface area contributed by atoms with E-state index in [-0.39, 0.29) is 22.4 Å². The largest absolute Gasteiger partial charge is 0.507 e. The number of phenolic OH excluding ortho intramolecular Hbond substituents is 1. The van der Waals surface area contributed by atoms with Crippen LogP contribution in [-0.2, 0) is 10.8 Å². The van der Waals surface area contributed by atoms with Crippen molar-refractivity contribution >= 4 is 11.0 Å². The number of fused-ring (bicyclic) bond motifs is 1. The Bertz CT molecular complexity index is 4060. The van der Waals surface area contributed by atoms with Crippen molar-refractivity contribution in [2.45, 2.75) is 52.2 Å². The highest BCUT2D eigenvalue weighted by molar-refractivity contribution is 5.99. The fraction of sp³-hybridized carbons (Fsp3) is 0.129. The number of hydrogen-bond acceptors (Lipinski definition) is 3. The van der Waals surface area contributed by atoms with Crippen LogP contribution in [0.1, 0.15) is 74.4 Å². The molecule has 2 heterocycles. The molecule has 66 heavy (non-hydrogen) atoms. The second kappa shape index (κ2) is 17.0. The summed E-state index contributed by atoms with van der Waals surface area (Å²) in [6.45, 7) is -5.26. The lowest BCUT2D eigenvalue weighted by atomic mass is 9.79. The van der Waals surface area contributed by atoms with E-state index in [9.17, 15) is 9.22 Å². The fourth-order valence-electron chi connectivity index (χ4n) is 8.44. The van der Waals surface area contributed by atoms with E-state index in [1.807, 2.05) is 102 Å². The Balaban J connectivity index is 1.26. The van der Waals surface area contributed by atoms with Gasteiger partial charge in [-0.3, -0.25) is 9.55 Å². The van der Waals surface area contributed by atoms with E-state index in [4.69, 9.17) is 22.8 Å². The standard InChI is InChI=1S/C62H53N3O/c1-61(2,3)49-31-29-42(30-32-49)45-33-34-63-55(38-45)48-36-46(41-19-10-7-11-20-41)35-47(37-48)50-26-18-27-56-59(50)64-60(51-25-16-17-28-58(51)66)65(56)57-40-52(43-21-12-8-13-22-43)54(62(4,5)6)39-53(57)44-23-14-9-15-24-44/h7-40,66H,1-6H3/i1D3,2D3,3D3,29D,30D,31D,32D,33D,34D,38D. The van der Waals surface area contributed by atoms with E-state index in [1.54, 1.807) is 30.3 Å². The molecule has 10 aromatic rings. The van der Waals surface area contributed by atoms with Crippen LogP contribution < -0.4 is 0 Å². The molecule has 4 nitrogen and oxygen atoms in total. The molecular weight excluding hydrogens is 803 g/mol. The summed E-state index contributed by atoms with van der Waals surface area (Å²) < 4.78 is 141. The van der Waals surface area contributed by atoms with Gasteiger partial charge < -0.3 is 5.11 Å². The summed E-state index contributed by atoms with van der Waals surface area (Å²) in [4.78, 5) is 9.85. The Morgan fingerprint density at radius 3 is 1.77 bits per heavy atom. The number of aromatic nitrogens is 3. The third-order valence-electron chi connectivity index (χ3n) is 11.7. The molecule has 0 radical (unpaired) electrons. The van der Waals surface area contributed by atoms with Gasteiger partial charge in [-0.05, 0) is 127 Å². The van der Waals surface area contributed by atoms with E-state index >= 15 is 0 Å². The average Bonchev–Trinajstić information content (AvgIpc) is 3.99. The molecule has 0 amide bonds. The molecule has 4 heteroatoms. The molecule has 0 fully saturated rings. The number of benzene rings is 8. The molecule has 0 atom stereocenters. The van der Waals surface area contributed by atoms with Crippen LogP contribution in [0.25, 0.3) is 95.0 Å². The Labute approximate surface area is 411 Å². The van der Waals surface area contributed by atoms with Crippen molar-refractivity contribution in [3.8, 4) is 89.7 Å². The lowest BCUT2D eigenvalue weighted by molar-refractivity contribution is 0.477. The molecule has 0 bridgehead atoms. The molecule has 0 saturated heterocycles. The Morgan fingerprint density at radius 2 is 1.11 bits per heavy atom. The SMILES string of the molecule is [2H]c1nc(-c2cc(-c3ccccc3)cc(-c3cccc4c3nc(-c3ccccc3O)n4-c3cc(-c4ccccc4)c(C(C)(C)C)cc3-c3ccccc3)c2)c([2H])c(-c2c([2H])c([2H])c(C(C([2H])([2H])[2H])(C([2H])([2H])[2H])C([2H])([2H])[2H])c([2H])c2[2H])c1[2H]. The van der Waals surface area contributed by atoms with E-state index in [1.165, 1.54) is 0 Å². The molecule has 1 N–H and O–H groups in total. The molecule has 0 unspecified atom stereocenters. The summed E-state index contributed by atoms with van der Waals surface area (Å²) >= 11 is 0. The van der Waals surface area contributed by atoms with Gasteiger partial charge in [0, 0.05) is 35.2 Å². The number of para-hydroxylation sites is 2. The van der Waals surface area contributed by atoms with Crippen LogP contribution in [-0.4, -0.2) is 19.6 Å². The Kier molecular flexibility index (Phi) is 7.06. The molecule has 322 valence electrons. The smallest absolute Gasteiger partial charge is 0.149 e. The van der Waals surface area contributed by atoms with Crippen LogP contribution >= 0.6 is 0 Å². The number of aromatic hydroxyl groups is 1. The Morgan fingerprint density at radius 1 is 0.500 bits per heavy atom. The maximum absolute atomic E-state index is 11.7. The number of rotatable bonds is 8. The number of phenols is 1. The van der Waals surface area contributed by atoms with Crippen LogP contribution in [0.4, 0.5) is 0 Å². The summed E-state index contributed by atoms with van der Waals surface area (Å²) in [5.41, 5.74) is 2.75. The van der Waals surface area contributed by atoms with Gasteiger partial charge in [0.1, 0.15) is 11.6 Å². The zero-order valence-corrected chi connectivity index (χ0v) is 36.4. The van der Waals surface area contributed by atoms with Crippen molar-refractivity contribution < 1.29 is 27.0 Å². The minimum absolute atomic E-state index is 0.0127. The van der Waals surface area contributed by atoms with E-state index < -0.39 is 85.1 Å². The van der Waals surface area contributed by atoms with Gasteiger partial charge >= 0.3 is 0 Å². The molecule has 0 aliphatic heterocycles. The molecule has 0 saturated carbocycles. The molecule has 0 aliphatic rings. The second-order valence-electron chi connectivity index (χ2n) is 17.2. The number of imidazole rings is 1. The van der Waals surface area contributed by atoms with Crippen molar-refractivity contribution in [3.05, 3.63) is 217 Å². The third-order valence-corrected chi connectivity index (χ3v) is 11.7. The molecule has 2 aromatic heterocycles. The van der Waals surface area contributed by atoms with Gasteiger partial charge in [0.05, 0.1) is 37.6 Å². The van der Waals surface area contributed by atoms with Crippen molar-refractivity contribution in [1.82, 2.24) is 14.5 Å². The summed E-state index contributed by atoms with van der Waals surface area (Å²) in [7, 11) is 0. The van der Waals surface area contributed by atoms with Gasteiger partial charge in [-0.25, -0.2) is 4.98 Å². The zero-order chi connectivity index (χ0) is 59.2. The van der Waals surface area contributed by atoms with Gasteiger partial charge in [0.2, 0.25) is 0 Å².